The van der Waals surface area contributed by atoms with E-state index >= 15 is 0 Å². The molecule has 2 heterocycles. The highest BCUT2D eigenvalue weighted by Gasteiger charge is 2.42. The summed E-state index contributed by atoms with van der Waals surface area (Å²) in [6.45, 7) is 4.94. The van der Waals surface area contributed by atoms with E-state index in [2.05, 4.69) is 18.0 Å². The molecule has 0 spiro atoms. The molecule has 58 valence electrons. The van der Waals surface area contributed by atoms with Gasteiger partial charge >= 0.3 is 0 Å². The van der Waals surface area contributed by atoms with Crippen molar-refractivity contribution in [2.75, 3.05) is 6.61 Å². The van der Waals surface area contributed by atoms with Gasteiger partial charge in [0.2, 0.25) is 0 Å². The van der Waals surface area contributed by atoms with E-state index < -0.39 is 0 Å². The third-order valence-corrected chi connectivity index (χ3v) is 2.15. The molecule has 2 heteroatoms. The minimum atomic E-state index is -0.0294. The van der Waals surface area contributed by atoms with Crippen molar-refractivity contribution in [1.29, 1.82) is 0 Å². The van der Waals surface area contributed by atoms with E-state index in [0.29, 0.717) is 0 Å². The van der Waals surface area contributed by atoms with E-state index in [4.69, 9.17) is 4.74 Å². The first kappa shape index (κ1) is 6.80. The van der Waals surface area contributed by atoms with E-state index in [1.807, 2.05) is 19.2 Å². The minimum absolute atomic E-state index is 0.0294. The molecular weight excluding hydrogens is 138 g/mol. The van der Waals surface area contributed by atoms with Crippen LogP contribution in [-0.4, -0.2) is 11.6 Å². The van der Waals surface area contributed by atoms with Crippen LogP contribution in [0.25, 0.3) is 0 Å². The first-order valence-corrected chi connectivity index (χ1v) is 3.78. The highest BCUT2D eigenvalue weighted by atomic mass is 16.6. The number of nitrogens with zero attached hydrogens (tertiary/aromatic N) is 1. The standard InChI is InChI=1S/C9H11NO/c1-7-8(4-3-5-10-7)9(2)6-11-9/h3-5H,6H2,1-2H3. The molecule has 1 aromatic heterocycles. The number of pyridine rings is 1. The quantitative estimate of drug-likeness (QED) is 0.567. The number of epoxide rings is 1. The molecule has 0 N–H and O–H groups in total. The lowest BCUT2D eigenvalue weighted by molar-refractivity contribution is 0.328. The van der Waals surface area contributed by atoms with Gasteiger partial charge in [0.1, 0.15) is 5.60 Å². The Bertz CT molecular complexity index is 279. The van der Waals surface area contributed by atoms with Gasteiger partial charge in [0, 0.05) is 17.5 Å². The number of aryl methyl sites for hydroxylation is 1. The van der Waals surface area contributed by atoms with E-state index in [9.17, 15) is 0 Å². The molecular formula is C9H11NO. The lowest BCUT2D eigenvalue weighted by Gasteiger charge is -2.06. The summed E-state index contributed by atoms with van der Waals surface area (Å²) >= 11 is 0. The van der Waals surface area contributed by atoms with Crippen molar-refractivity contribution in [3.05, 3.63) is 29.6 Å². The average molecular weight is 149 g/mol. The number of ether oxygens (including phenoxy) is 1. The summed E-state index contributed by atoms with van der Waals surface area (Å²) in [5, 5.41) is 0. The van der Waals surface area contributed by atoms with Gasteiger partial charge in [0.15, 0.2) is 0 Å². The zero-order valence-electron chi connectivity index (χ0n) is 6.79. The van der Waals surface area contributed by atoms with E-state index in [1.54, 1.807) is 0 Å². The summed E-state index contributed by atoms with van der Waals surface area (Å²) in [6.07, 6.45) is 1.81. The largest absolute Gasteiger partial charge is 0.365 e. The second-order valence-electron chi connectivity index (χ2n) is 3.16. The van der Waals surface area contributed by atoms with Crippen LogP contribution >= 0.6 is 0 Å². The van der Waals surface area contributed by atoms with Crippen molar-refractivity contribution in [3.63, 3.8) is 0 Å². The Morgan fingerprint density at radius 2 is 2.36 bits per heavy atom. The normalized spacial score (nSPS) is 28.5. The highest BCUT2D eigenvalue weighted by molar-refractivity contribution is 5.28. The zero-order valence-corrected chi connectivity index (χ0v) is 6.79. The van der Waals surface area contributed by atoms with Gasteiger partial charge in [-0.15, -0.1) is 0 Å². The molecule has 0 aliphatic carbocycles. The molecule has 1 aliphatic rings. The average Bonchev–Trinajstić information content (AvgIpc) is 2.70. The Balaban J connectivity index is 2.45. The molecule has 2 nitrogen and oxygen atoms in total. The van der Waals surface area contributed by atoms with E-state index in [1.165, 1.54) is 5.56 Å². The lowest BCUT2D eigenvalue weighted by atomic mass is 10.0. The molecule has 2 rings (SSSR count). The number of hydrogen-bond acceptors (Lipinski definition) is 2. The SMILES string of the molecule is Cc1ncccc1C1(C)CO1. The molecule has 1 fully saturated rings. The topological polar surface area (TPSA) is 25.4 Å². The predicted octanol–water partition coefficient (Wildman–Crippen LogP) is 1.64. The Morgan fingerprint density at radius 1 is 1.64 bits per heavy atom. The molecule has 0 radical (unpaired) electrons. The zero-order chi connectivity index (χ0) is 7.90. The first-order valence-electron chi connectivity index (χ1n) is 3.78. The third kappa shape index (κ3) is 1.03. The minimum Gasteiger partial charge on any atom is -0.365 e. The van der Waals surface area contributed by atoms with Crippen molar-refractivity contribution in [1.82, 2.24) is 4.98 Å². The molecule has 0 amide bonds. The Hall–Kier alpha value is -0.890. The van der Waals surface area contributed by atoms with Crippen LogP contribution in [0.15, 0.2) is 18.3 Å². The number of hydrogen-bond donors (Lipinski definition) is 0. The summed E-state index contributed by atoms with van der Waals surface area (Å²) in [5.74, 6) is 0. The van der Waals surface area contributed by atoms with E-state index in [0.717, 1.165) is 12.3 Å². The molecule has 11 heavy (non-hydrogen) atoms. The van der Waals surface area contributed by atoms with Crippen molar-refractivity contribution < 1.29 is 4.74 Å². The first-order chi connectivity index (χ1) is 5.22. The van der Waals surface area contributed by atoms with Crippen molar-refractivity contribution in [2.45, 2.75) is 19.4 Å². The molecule has 0 saturated carbocycles. The summed E-state index contributed by atoms with van der Waals surface area (Å²) < 4.78 is 5.32. The predicted molar refractivity (Wildman–Crippen MR) is 42.3 cm³/mol. The van der Waals surface area contributed by atoms with Crippen LogP contribution < -0.4 is 0 Å². The Morgan fingerprint density at radius 3 is 2.91 bits per heavy atom. The van der Waals surface area contributed by atoms with E-state index in [-0.39, 0.29) is 5.60 Å². The number of rotatable bonds is 1. The van der Waals surface area contributed by atoms with Gasteiger partial charge in [-0.1, -0.05) is 6.07 Å². The summed E-state index contributed by atoms with van der Waals surface area (Å²) in [7, 11) is 0. The maximum Gasteiger partial charge on any atom is 0.115 e. The summed E-state index contributed by atoms with van der Waals surface area (Å²) in [4.78, 5) is 4.21. The maximum atomic E-state index is 5.32. The van der Waals surface area contributed by atoms with Gasteiger partial charge < -0.3 is 4.74 Å². The molecule has 1 aromatic rings. The fourth-order valence-corrected chi connectivity index (χ4v) is 1.31. The molecule has 1 aliphatic heterocycles. The van der Waals surface area contributed by atoms with Crippen molar-refractivity contribution in [3.8, 4) is 0 Å². The molecule has 0 bridgehead atoms. The summed E-state index contributed by atoms with van der Waals surface area (Å²) in [5.41, 5.74) is 2.27. The molecule has 1 saturated heterocycles. The van der Waals surface area contributed by atoms with Crippen molar-refractivity contribution in [2.24, 2.45) is 0 Å². The van der Waals surface area contributed by atoms with Crippen LogP contribution in [0.2, 0.25) is 0 Å². The van der Waals surface area contributed by atoms with Gasteiger partial charge in [0.05, 0.1) is 6.61 Å². The van der Waals surface area contributed by atoms with Gasteiger partial charge in [-0.05, 0) is 19.9 Å². The van der Waals surface area contributed by atoms with Crippen LogP contribution in [0.3, 0.4) is 0 Å². The molecule has 1 unspecified atom stereocenters. The maximum absolute atomic E-state index is 5.32. The molecule has 1 atom stereocenters. The second-order valence-corrected chi connectivity index (χ2v) is 3.16. The Kier molecular flexibility index (Phi) is 1.26. The summed E-state index contributed by atoms with van der Waals surface area (Å²) in [6, 6.07) is 4.03. The van der Waals surface area contributed by atoms with Crippen LogP contribution in [0.1, 0.15) is 18.2 Å². The smallest absolute Gasteiger partial charge is 0.115 e. The van der Waals surface area contributed by atoms with Gasteiger partial charge in [-0.3, -0.25) is 4.98 Å². The van der Waals surface area contributed by atoms with Crippen LogP contribution in [0, 0.1) is 6.92 Å². The van der Waals surface area contributed by atoms with Crippen molar-refractivity contribution >= 4 is 0 Å². The fraction of sp³-hybridized carbons (Fsp3) is 0.444. The lowest BCUT2D eigenvalue weighted by Crippen LogP contribution is -2.05. The van der Waals surface area contributed by atoms with Crippen LogP contribution in [-0.2, 0) is 10.3 Å². The molecule has 0 aromatic carbocycles. The van der Waals surface area contributed by atoms with Crippen LogP contribution in [0.5, 0.6) is 0 Å². The highest BCUT2D eigenvalue weighted by Crippen LogP contribution is 2.38. The third-order valence-electron chi connectivity index (χ3n) is 2.15. The van der Waals surface area contributed by atoms with Gasteiger partial charge in [-0.2, -0.15) is 0 Å². The van der Waals surface area contributed by atoms with Crippen LogP contribution in [0.4, 0.5) is 0 Å². The van der Waals surface area contributed by atoms with Gasteiger partial charge in [0.25, 0.3) is 0 Å². The Labute approximate surface area is 66.2 Å². The monoisotopic (exact) mass is 149 g/mol. The fourth-order valence-electron chi connectivity index (χ4n) is 1.31. The number of aromatic nitrogens is 1. The van der Waals surface area contributed by atoms with Gasteiger partial charge in [-0.25, -0.2) is 0 Å². The second kappa shape index (κ2) is 2.05.